The fourth-order valence-corrected chi connectivity index (χ4v) is 7.59. The highest BCUT2D eigenvalue weighted by molar-refractivity contribution is 6.32. The molecular weight excluding hydrogens is 603 g/mol. The molecule has 0 saturated carbocycles. The van der Waals surface area contributed by atoms with Gasteiger partial charge in [0.1, 0.15) is 0 Å². The maximum atomic E-state index is 2.44. The Kier molecular flexibility index (Phi) is 7.44. The lowest BCUT2D eigenvalue weighted by molar-refractivity contribution is 1.28. The van der Waals surface area contributed by atoms with Crippen LogP contribution < -0.4 is 4.90 Å². The summed E-state index contributed by atoms with van der Waals surface area (Å²) < 4.78 is 0. The van der Waals surface area contributed by atoms with Crippen LogP contribution in [0.4, 0.5) is 17.1 Å². The van der Waals surface area contributed by atoms with Gasteiger partial charge in [-0.15, -0.1) is 0 Å². The lowest BCUT2D eigenvalue weighted by Gasteiger charge is -2.26. The molecule has 9 rings (SSSR count). The van der Waals surface area contributed by atoms with Crippen molar-refractivity contribution in [3.63, 3.8) is 0 Å². The van der Waals surface area contributed by atoms with E-state index in [0.29, 0.717) is 0 Å². The first kappa shape index (κ1) is 29.7. The minimum atomic E-state index is 1.12. The molecule has 0 saturated heterocycles. The van der Waals surface area contributed by atoms with Crippen LogP contribution in [0.1, 0.15) is 5.56 Å². The van der Waals surface area contributed by atoms with Crippen molar-refractivity contribution in [3.05, 3.63) is 200 Å². The van der Waals surface area contributed by atoms with E-state index < -0.39 is 0 Å². The van der Waals surface area contributed by atoms with Crippen molar-refractivity contribution in [3.8, 4) is 33.4 Å². The van der Waals surface area contributed by atoms with Gasteiger partial charge in [-0.2, -0.15) is 0 Å². The predicted molar refractivity (Wildman–Crippen MR) is 215 cm³/mol. The summed E-state index contributed by atoms with van der Waals surface area (Å²) in [5, 5.41) is 7.66. The number of nitrogens with zero attached hydrogens (tertiary/aromatic N) is 1. The highest BCUT2D eigenvalue weighted by Crippen LogP contribution is 2.49. The van der Waals surface area contributed by atoms with Gasteiger partial charge < -0.3 is 4.90 Å². The Balaban J connectivity index is 1.37. The first-order valence-corrected chi connectivity index (χ1v) is 17.3. The number of benzene rings is 9. The zero-order valence-corrected chi connectivity index (χ0v) is 27.9. The summed E-state index contributed by atoms with van der Waals surface area (Å²) >= 11 is 0. The van der Waals surface area contributed by atoms with Gasteiger partial charge >= 0.3 is 0 Å². The molecule has 236 valence electrons. The number of rotatable bonds is 6. The van der Waals surface area contributed by atoms with Crippen LogP contribution in [-0.2, 0) is 0 Å². The Morgan fingerprint density at radius 3 is 1.30 bits per heavy atom. The quantitative estimate of drug-likeness (QED) is 0.164. The van der Waals surface area contributed by atoms with E-state index in [2.05, 4.69) is 206 Å². The van der Waals surface area contributed by atoms with E-state index in [0.717, 1.165) is 17.1 Å². The van der Waals surface area contributed by atoms with Crippen LogP contribution >= 0.6 is 0 Å². The minimum absolute atomic E-state index is 1.12. The molecule has 0 unspecified atom stereocenters. The van der Waals surface area contributed by atoms with Gasteiger partial charge in [0.05, 0.1) is 0 Å². The molecule has 0 aliphatic carbocycles. The molecule has 0 amide bonds. The second-order valence-corrected chi connectivity index (χ2v) is 13.0. The SMILES string of the molecule is Cc1ccc(-c2cc(-c3ccc(N(c4ccccc4)c4ccccc4)cc3)c3c4ccccc4c4ccccc4c3c2-c2ccccc2)cc1. The van der Waals surface area contributed by atoms with Crippen molar-refractivity contribution >= 4 is 49.4 Å². The largest absolute Gasteiger partial charge is 0.311 e. The summed E-state index contributed by atoms with van der Waals surface area (Å²) in [6.07, 6.45) is 0. The third kappa shape index (κ3) is 5.12. The maximum Gasteiger partial charge on any atom is 0.0462 e. The van der Waals surface area contributed by atoms with Crippen molar-refractivity contribution in [2.45, 2.75) is 6.92 Å². The molecule has 0 aliphatic heterocycles. The summed E-state index contributed by atoms with van der Waals surface area (Å²) in [6, 6.07) is 70.6. The Bertz CT molecular complexity index is 2570. The van der Waals surface area contributed by atoms with E-state index in [9.17, 15) is 0 Å². The lowest BCUT2D eigenvalue weighted by atomic mass is 9.81. The molecule has 0 atom stereocenters. The average molecular weight is 638 g/mol. The molecule has 0 heterocycles. The van der Waals surface area contributed by atoms with Gasteiger partial charge in [-0.1, -0.05) is 157 Å². The van der Waals surface area contributed by atoms with Gasteiger partial charge in [-0.25, -0.2) is 0 Å². The molecule has 0 aliphatic rings. The summed E-state index contributed by atoms with van der Waals surface area (Å²) in [7, 11) is 0. The number of para-hydroxylation sites is 2. The zero-order valence-electron chi connectivity index (χ0n) is 27.9. The molecule has 0 N–H and O–H groups in total. The molecule has 9 aromatic carbocycles. The summed E-state index contributed by atoms with van der Waals surface area (Å²) in [5.74, 6) is 0. The normalized spacial score (nSPS) is 11.3. The summed E-state index contributed by atoms with van der Waals surface area (Å²) in [4.78, 5) is 2.32. The highest BCUT2D eigenvalue weighted by atomic mass is 15.1. The van der Waals surface area contributed by atoms with E-state index in [1.165, 1.54) is 71.3 Å². The zero-order chi connectivity index (χ0) is 33.4. The van der Waals surface area contributed by atoms with E-state index in [-0.39, 0.29) is 0 Å². The molecule has 0 radical (unpaired) electrons. The first-order chi connectivity index (χ1) is 24.7. The van der Waals surface area contributed by atoms with Gasteiger partial charge in [-0.05, 0) is 115 Å². The topological polar surface area (TPSA) is 3.24 Å². The van der Waals surface area contributed by atoms with E-state index in [1.54, 1.807) is 0 Å². The molecule has 50 heavy (non-hydrogen) atoms. The van der Waals surface area contributed by atoms with E-state index in [4.69, 9.17) is 0 Å². The van der Waals surface area contributed by atoms with Crippen molar-refractivity contribution in [1.82, 2.24) is 0 Å². The van der Waals surface area contributed by atoms with Crippen LogP contribution in [-0.4, -0.2) is 0 Å². The Morgan fingerprint density at radius 2 is 0.740 bits per heavy atom. The molecule has 0 aromatic heterocycles. The average Bonchev–Trinajstić information content (AvgIpc) is 3.19. The van der Waals surface area contributed by atoms with E-state index >= 15 is 0 Å². The molecule has 0 spiro atoms. The molecule has 9 aromatic rings. The standard InChI is InChI=1S/C49H35N/c1-34-25-27-35(28-26-34)45-33-46(36-29-31-40(32-30-36)50(38-17-7-3-8-18-38)39-19-9-4-10-20-39)48-43-23-13-11-21-41(43)42-22-12-14-24-44(42)49(48)47(45)37-15-5-2-6-16-37/h2-33H,1H3. The smallest absolute Gasteiger partial charge is 0.0462 e. The fraction of sp³-hybridized carbons (Fsp3) is 0.0204. The minimum Gasteiger partial charge on any atom is -0.311 e. The van der Waals surface area contributed by atoms with Crippen LogP contribution in [0.25, 0.3) is 65.7 Å². The van der Waals surface area contributed by atoms with Gasteiger partial charge in [-0.3, -0.25) is 0 Å². The number of aryl methyl sites for hydroxylation is 1. The second kappa shape index (κ2) is 12.5. The monoisotopic (exact) mass is 637 g/mol. The Labute approximate surface area is 293 Å². The van der Waals surface area contributed by atoms with Gasteiger partial charge in [0.15, 0.2) is 0 Å². The fourth-order valence-electron chi connectivity index (χ4n) is 7.59. The van der Waals surface area contributed by atoms with Crippen LogP contribution in [0.15, 0.2) is 194 Å². The van der Waals surface area contributed by atoms with Crippen molar-refractivity contribution < 1.29 is 0 Å². The van der Waals surface area contributed by atoms with Crippen LogP contribution in [0, 0.1) is 6.92 Å². The van der Waals surface area contributed by atoms with Crippen molar-refractivity contribution in [2.24, 2.45) is 0 Å². The maximum absolute atomic E-state index is 2.44. The molecule has 0 bridgehead atoms. The molecule has 1 nitrogen and oxygen atoms in total. The Morgan fingerprint density at radius 1 is 0.320 bits per heavy atom. The number of hydrogen-bond acceptors (Lipinski definition) is 1. The van der Waals surface area contributed by atoms with Crippen LogP contribution in [0.2, 0.25) is 0 Å². The molecule has 0 fully saturated rings. The van der Waals surface area contributed by atoms with Gasteiger partial charge in [0.2, 0.25) is 0 Å². The van der Waals surface area contributed by atoms with Crippen LogP contribution in [0.5, 0.6) is 0 Å². The van der Waals surface area contributed by atoms with Gasteiger partial charge in [0.25, 0.3) is 0 Å². The van der Waals surface area contributed by atoms with Gasteiger partial charge in [0, 0.05) is 17.1 Å². The molecular formula is C49H35N. The lowest BCUT2D eigenvalue weighted by Crippen LogP contribution is -2.09. The first-order valence-electron chi connectivity index (χ1n) is 17.3. The third-order valence-corrected chi connectivity index (χ3v) is 9.90. The Hall–Kier alpha value is -6.44. The summed E-state index contributed by atoms with van der Waals surface area (Å²) in [6.45, 7) is 2.16. The predicted octanol–water partition coefficient (Wildman–Crippen LogP) is 13.9. The van der Waals surface area contributed by atoms with Crippen LogP contribution in [0.3, 0.4) is 0 Å². The van der Waals surface area contributed by atoms with Crippen molar-refractivity contribution in [2.75, 3.05) is 4.90 Å². The van der Waals surface area contributed by atoms with E-state index in [1.807, 2.05) is 0 Å². The second-order valence-electron chi connectivity index (χ2n) is 13.0. The number of hydrogen-bond donors (Lipinski definition) is 0. The van der Waals surface area contributed by atoms with Crippen molar-refractivity contribution in [1.29, 1.82) is 0 Å². The summed E-state index contributed by atoms with van der Waals surface area (Å²) in [5.41, 5.74) is 12.0. The third-order valence-electron chi connectivity index (χ3n) is 9.90. The number of fused-ring (bicyclic) bond motifs is 6. The highest BCUT2D eigenvalue weighted by Gasteiger charge is 2.22. The number of anilines is 3. The molecule has 1 heteroatoms.